The fourth-order valence-corrected chi connectivity index (χ4v) is 2.55. The Labute approximate surface area is 103 Å². The van der Waals surface area contributed by atoms with Gasteiger partial charge < -0.3 is 9.84 Å². The topological polar surface area (TPSA) is 29.5 Å². The third-order valence-electron chi connectivity index (χ3n) is 2.68. The highest BCUT2D eigenvalue weighted by Gasteiger charge is 2.15. The van der Waals surface area contributed by atoms with Gasteiger partial charge in [0.2, 0.25) is 0 Å². The van der Waals surface area contributed by atoms with Crippen molar-refractivity contribution in [3.63, 3.8) is 0 Å². The Morgan fingerprint density at radius 3 is 2.65 bits per heavy atom. The van der Waals surface area contributed by atoms with Crippen LogP contribution in [0.4, 0.5) is 4.39 Å². The lowest BCUT2D eigenvalue weighted by atomic mass is 10.0. The molecule has 2 nitrogen and oxygen atoms in total. The Bertz CT molecular complexity index is 522. The first-order chi connectivity index (χ1) is 8.13. The van der Waals surface area contributed by atoms with Gasteiger partial charge in [-0.3, -0.25) is 0 Å². The minimum atomic E-state index is -0.790. The van der Waals surface area contributed by atoms with Crippen LogP contribution in [0.5, 0.6) is 5.75 Å². The maximum Gasteiger partial charge on any atom is 0.165 e. The van der Waals surface area contributed by atoms with Crippen LogP contribution in [-0.2, 0) is 0 Å². The molecule has 2 rings (SSSR count). The summed E-state index contributed by atoms with van der Waals surface area (Å²) in [4.78, 5) is 0. The van der Waals surface area contributed by atoms with Gasteiger partial charge in [-0.15, -0.1) is 0 Å². The summed E-state index contributed by atoms with van der Waals surface area (Å²) in [5, 5.41) is 14.0. The van der Waals surface area contributed by atoms with Gasteiger partial charge in [-0.05, 0) is 46.5 Å². The van der Waals surface area contributed by atoms with E-state index in [1.165, 1.54) is 30.6 Å². The van der Waals surface area contributed by atoms with Crippen LogP contribution in [0.1, 0.15) is 22.8 Å². The van der Waals surface area contributed by atoms with E-state index in [2.05, 4.69) is 0 Å². The van der Waals surface area contributed by atoms with Crippen LogP contribution < -0.4 is 4.74 Å². The minimum absolute atomic E-state index is 0.183. The Hall–Kier alpha value is -1.39. The van der Waals surface area contributed by atoms with E-state index in [0.29, 0.717) is 5.56 Å². The molecule has 1 N–H and O–H groups in total. The summed E-state index contributed by atoms with van der Waals surface area (Å²) >= 11 is 1.52. The summed E-state index contributed by atoms with van der Waals surface area (Å²) in [5.74, 6) is -0.278. The van der Waals surface area contributed by atoms with Gasteiger partial charge in [-0.1, -0.05) is 6.07 Å². The molecule has 0 amide bonds. The molecule has 0 fully saturated rings. The van der Waals surface area contributed by atoms with E-state index >= 15 is 0 Å². The van der Waals surface area contributed by atoms with Crippen LogP contribution in [-0.4, -0.2) is 12.2 Å². The lowest BCUT2D eigenvalue weighted by Gasteiger charge is -2.12. The van der Waals surface area contributed by atoms with E-state index in [1.807, 2.05) is 17.7 Å². The fourth-order valence-electron chi connectivity index (χ4n) is 1.68. The molecule has 1 aromatic carbocycles. The Morgan fingerprint density at radius 2 is 2.12 bits per heavy atom. The molecular formula is C13H13FO2S. The predicted molar refractivity (Wildman–Crippen MR) is 66.1 cm³/mol. The van der Waals surface area contributed by atoms with Gasteiger partial charge >= 0.3 is 0 Å². The molecule has 1 aromatic heterocycles. The third-order valence-corrected chi connectivity index (χ3v) is 3.56. The van der Waals surface area contributed by atoms with Crippen LogP contribution in [0.3, 0.4) is 0 Å². The van der Waals surface area contributed by atoms with Crippen LogP contribution in [0, 0.1) is 12.7 Å². The molecule has 17 heavy (non-hydrogen) atoms. The molecule has 0 bridgehead atoms. The van der Waals surface area contributed by atoms with Crippen molar-refractivity contribution < 1.29 is 14.2 Å². The number of thiophene rings is 1. The smallest absolute Gasteiger partial charge is 0.165 e. The largest absolute Gasteiger partial charge is 0.494 e. The Morgan fingerprint density at radius 1 is 1.35 bits per heavy atom. The number of aryl methyl sites for hydroxylation is 1. The molecule has 0 aliphatic heterocycles. The van der Waals surface area contributed by atoms with E-state index < -0.39 is 11.9 Å². The predicted octanol–water partition coefficient (Wildman–Crippen LogP) is 3.29. The highest BCUT2D eigenvalue weighted by Crippen LogP contribution is 2.29. The zero-order valence-corrected chi connectivity index (χ0v) is 10.4. The molecule has 0 aliphatic rings. The van der Waals surface area contributed by atoms with Crippen molar-refractivity contribution in [1.29, 1.82) is 0 Å². The fraction of sp³-hybridized carbons (Fsp3) is 0.231. The van der Waals surface area contributed by atoms with Crippen molar-refractivity contribution in [2.24, 2.45) is 0 Å². The first-order valence-corrected chi connectivity index (χ1v) is 6.12. The minimum Gasteiger partial charge on any atom is -0.494 e. The lowest BCUT2D eigenvalue weighted by Crippen LogP contribution is -2.01. The second kappa shape index (κ2) is 4.85. The van der Waals surface area contributed by atoms with Gasteiger partial charge in [0, 0.05) is 0 Å². The molecule has 1 atom stereocenters. The molecular weight excluding hydrogens is 239 g/mol. The number of ether oxygens (including phenoxy) is 1. The molecule has 2 aromatic rings. The Balaban J connectivity index is 2.35. The maximum absolute atomic E-state index is 13.5. The molecule has 0 saturated carbocycles. The first kappa shape index (κ1) is 12.1. The quantitative estimate of drug-likeness (QED) is 0.908. The van der Waals surface area contributed by atoms with Crippen molar-refractivity contribution in [3.05, 3.63) is 51.5 Å². The van der Waals surface area contributed by atoms with Gasteiger partial charge in [-0.2, -0.15) is 11.3 Å². The van der Waals surface area contributed by atoms with Crippen LogP contribution in [0.25, 0.3) is 0 Å². The maximum atomic E-state index is 13.5. The standard InChI is InChI=1S/C13H13FO2S/c1-8-6-17-7-10(8)13(15)9-3-4-12(16-2)11(14)5-9/h3-7,13,15H,1-2H3. The molecule has 1 unspecified atom stereocenters. The second-order valence-corrected chi connectivity index (χ2v) is 4.55. The normalized spacial score (nSPS) is 12.5. The number of methoxy groups -OCH3 is 1. The van der Waals surface area contributed by atoms with Crippen LogP contribution in [0.2, 0.25) is 0 Å². The lowest BCUT2D eigenvalue weighted by molar-refractivity contribution is 0.219. The average molecular weight is 252 g/mol. The molecule has 0 spiro atoms. The summed E-state index contributed by atoms with van der Waals surface area (Å²) in [5.41, 5.74) is 2.36. The number of hydrogen-bond donors (Lipinski definition) is 1. The molecule has 4 heteroatoms. The van der Waals surface area contributed by atoms with Crippen molar-refractivity contribution in [1.82, 2.24) is 0 Å². The van der Waals surface area contributed by atoms with Crippen molar-refractivity contribution in [2.75, 3.05) is 7.11 Å². The SMILES string of the molecule is COc1ccc(C(O)c2cscc2C)cc1F. The highest BCUT2D eigenvalue weighted by atomic mass is 32.1. The van der Waals surface area contributed by atoms with Crippen molar-refractivity contribution in [2.45, 2.75) is 13.0 Å². The summed E-state index contributed by atoms with van der Waals surface area (Å²) in [6, 6.07) is 4.50. The molecule has 0 aliphatic carbocycles. The molecule has 90 valence electrons. The molecule has 0 saturated heterocycles. The van der Waals surface area contributed by atoms with Gasteiger partial charge in [-0.25, -0.2) is 4.39 Å². The number of hydrogen-bond acceptors (Lipinski definition) is 3. The molecule has 1 heterocycles. The first-order valence-electron chi connectivity index (χ1n) is 5.17. The van der Waals surface area contributed by atoms with Gasteiger partial charge in [0.05, 0.1) is 7.11 Å². The number of rotatable bonds is 3. The number of aliphatic hydroxyl groups is 1. The molecule has 0 radical (unpaired) electrons. The van der Waals surface area contributed by atoms with E-state index in [4.69, 9.17) is 4.74 Å². The number of benzene rings is 1. The van der Waals surface area contributed by atoms with Gasteiger partial charge in [0.25, 0.3) is 0 Å². The van der Waals surface area contributed by atoms with Crippen LogP contribution in [0.15, 0.2) is 29.0 Å². The van der Waals surface area contributed by atoms with E-state index in [9.17, 15) is 9.50 Å². The van der Waals surface area contributed by atoms with Gasteiger partial charge in [0.15, 0.2) is 11.6 Å². The van der Waals surface area contributed by atoms with E-state index in [1.54, 1.807) is 6.07 Å². The Kier molecular flexibility index (Phi) is 3.45. The third kappa shape index (κ3) is 2.33. The average Bonchev–Trinajstić information content (AvgIpc) is 2.74. The van der Waals surface area contributed by atoms with Crippen molar-refractivity contribution >= 4 is 11.3 Å². The van der Waals surface area contributed by atoms with E-state index in [-0.39, 0.29) is 5.75 Å². The summed E-state index contributed by atoms with van der Waals surface area (Å²) in [7, 11) is 1.41. The van der Waals surface area contributed by atoms with Crippen molar-refractivity contribution in [3.8, 4) is 5.75 Å². The summed E-state index contributed by atoms with van der Waals surface area (Å²) in [6.07, 6.45) is -0.790. The summed E-state index contributed by atoms with van der Waals surface area (Å²) in [6.45, 7) is 1.93. The second-order valence-electron chi connectivity index (χ2n) is 3.81. The zero-order chi connectivity index (χ0) is 12.4. The number of aliphatic hydroxyl groups excluding tert-OH is 1. The van der Waals surface area contributed by atoms with Crippen LogP contribution >= 0.6 is 11.3 Å². The monoisotopic (exact) mass is 252 g/mol. The highest BCUT2D eigenvalue weighted by molar-refractivity contribution is 7.08. The number of halogens is 1. The van der Waals surface area contributed by atoms with Gasteiger partial charge in [0.1, 0.15) is 6.10 Å². The zero-order valence-electron chi connectivity index (χ0n) is 9.61. The summed E-state index contributed by atoms with van der Waals surface area (Å²) < 4.78 is 18.4. The van der Waals surface area contributed by atoms with E-state index in [0.717, 1.165) is 11.1 Å².